The van der Waals surface area contributed by atoms with E-state index in [1.165, 1.54) is 103 Å². The van der Waals surface area contributed by atoms with Gasteiger partial charge in [-0.1, -0.05) is 128 Å². The largest absolute Gasteiger partial charge is 0.464 e. The molecule has 2 aromatic rings. The van der Waals surface area contributed by atoms with Crippen molar-refractivity contribution in [2.45, 2.75) is 142 Å². The van der Waals surface area contributed by atoms with Gasteiger partial charge in [0.15, 0.2) is 11.8 Å². The van der Waals surface area contributed by atoms with Crippen molar-refractivity contribution in [1.82, 2.24) is 0 Å². The molecule has 0 radical (unpaired) electrons. The number of benzene rings is 2. The van der Waals surface area contributed by atoms with Crippen LogP contribution in [0, 0.1) is 23.0 Å². The van der Waals surface area contributed by atoms with Crippen molar-refractivity contribution < 1.29 is 33.4 Å². The van der Waals surface area contributed by atoms with Crippen LogP contribution in [0.15, 0.2) is 58.5 Å². The van der Waals surface area contributed by atoms with Crippen LogP contribution in [0.4, 0.5) is 0 Å². The van der Waals surface area contributed by atoms with Crippen molar-refractivity contribution in [2.24, 2.45) is 9.98 Å². The molecule has 0 aliphatic rings. The Labute approximate surface area is 309 Å². The molecule has 0 aliphatic carbocycles. The third kappa shape index (κ3) is 22.6. The van der Waals surface area contributed by atoms with Gasteiger partial charge in [-0.2, -0.15) is 9.98 Å². The summed E-state index contributed by atoms with van der Waals surface area (Å²) in [6, 6.07) is 11.7. The molecular weight excluding hydrogens is 660 g/mol. The molecule has 2 aromatic carbocycles. The zero-order valence-corrected chi connectivity index (χ0v) is 30.9. The van der Waals surface area contributed by atoms with E-state index in [0.29, 0.717) is 24.5 Å². The van der Waals surface area contributed by atoms with E-state index in [0.717, 1.165) is 30.4 Å². The highest BCUT2D eigenvalue weighted by Crippen LogP contribution is 2.17. The van der Waals surface area contributed by atoms with Crippen LogP contribution in [0.1, 0.15) is 128 Å². The zero-order valence-electron chi connectivity index (χ0n) is 30.9. The molecule has 0 fully saturated rings. The lowest BCUT2D eigenvalue weighted by Crippen LogP contribution is -2.24. The third-order valence-electron chi connectivity index (χ3n) is 8.43. The van der Waals surface area contributed by atoms with Gasteiger partial charge in [-0.05, 0) is 48.7 Å². The smallest absolute Gasteiger partial charge is 0.332 e. The van der Waals surface area contributed by atoms with Crippen molar-refractivity contribution >= 4 is 23.9 Å². The molecule has 0 aromatic heterocycles. The summed E-state index contributed by atoms with van der Waals surface area (Å²) in [5.41, 5.74) is 1.62. The Kier molecular flexibility index (Phi) is 26.5. The topological polar surface area (TPSA) is 168 Å². The van der Waals surface area contributed by atoms with E-state index in [9.17, 15) is 19.2 Å². The first-order valence-electron chi connectivity index (χ1n) is 18.5. The number of unbranched alkanes of at least 4 members (excludes halogenated alkanes) is 15. The maximum absolute atomic E-state index is 12.3. The van der Waals surface area contributed by atoms with Gasteiger partial charge in [0, 0.05) is 12.8 Å². The number of hydrogen-bond donors (Lipinski definition) is 0. The van der Waals surface area contributed by atoms with Gasteiger partial charge in [-0.15, -0.1) is 10.5 Å². The van der Waals surface area contributed by atoms with Crippen LogP contribution in [0.25, 0.3) is 0 Å². The summed E-state index contributed by atoms with van der Waals surface area (Å²) in [7, 11) is 0. The fourth-order valence-corrected chi connectivity index (χ4v) is 5.45. The zero-order chi connectivity index (χ0) is 38.1. The molecule has 52 heavy (non-hydrogen) atoms. The minimum absolute atomic E-state index is 0.189. The predicted octanol–water partition coefficient (Wildman–Crippen LogP) is 8.98. The van der Waals surface area contributed by atoms with Crippen molar-refractivity contribution in [2.75, 3.05) is 6.61 Å². The van der Waals surface area contributed by atoms with Gasteiger partial charge in [-0.3, -0.25) is 4.79 Å². The minimum atomic E-state index is -0.906. The number of carbonyl (C=O) groups is 2. The van der Waals surface area contributed by atoms with Crippen LogP contribution in [0.2, 0.25) is 0 Å². The highest BCUT2D eigenvalue weighted by Gasteiger charge is 2.20. The number of rotatable bonds is 27. The number of carbonyl (C=O) groups excluding carboxylic acids is 4. The molecule has 2 atom stereocenters. The Morgan fingerprint density at radius 2 is 0.962 bits per heavy atom. The van der Waals surface area contributed by atoms with Crippen LogP contribution in [-0.4, -0.2) is 42.6 Å². The predicted molar refractivity (Wildman–Crippen MR) is 198 cm³/mol. The average Bonchev–Trinajstić information content (AvgIpc) is 3.14. The number of Topliss-reactive ketones (excluding diaryl/α,β-unsaturated/α-hetero) is 1. The number of hydrogen-bond acceptors (Lipinski definition) is 11. The number of isocyanates is 2. The van der Waals surface area contributed by atoms with Crippen LogP contribution in [0.5, 0.6) is 11.5 Å². The van der Waals surface area contributed by atoms with Crippen LogP contribution < -0.4 is 9.47 Å². The van der Waals surface area contributed by atoms with Crippen LogP contribution >= 0.6 is 0 Å². The molecular formula is C41H54N4O7. The molecule has 0 amide bonds. The van der Waals surface area contributed by atoms with Gasteiger partial charge in [0.2, 0.25) is 12.2 Å². The van der Waals surface area contributed by atoms with E-state index in [-0.39, 0.29) is 12.2 Å². The van der Waals surface area contributed by atoms with Crippen molar-refractivity contribution in [3.05, 3.63) is 59.7 Å². The van der Waals surface area contributed by atoms with Gasteiger partial charge in [0.1, 0.15) is 17.5 Å². The maximum atomic E-state index is 12.3. The number of ether oxygens (including phenoxy) is 3. The third-order valence-corrected chi connectivity index (χ3v) is 8.43. The first-order chi connectivity index (χ1) is 25.4. The van der Waals surface area contributed by atoms with Gasteiger partial charge < -0.3 is 14.2 Å². The van der Waals surface area contributed by atoms with Crippen LogP contribution in [0.3, 0.4) is 0 Å². The van der Waals surface area contributed by atoms with E-state index in [2.05, 4.69) is 21.6 Å². The van der Waals surface area contributed by atoms with Crippen molar-refractivity contribution in [1.29, 1.82) is 10.5 Å². The summed E-state index contributed by atoms with van der Waals surface area (Å²) < 4.78 is 14.7. The van der Waals surface area contributed by atoms with E-state index in [1.807, 2.05) is 0 Å². The molecule has 0 saturated carbocycles. The number of nitriles is 2. The normalized spacial score (nSPS) is 11.2. The van der Waals surface area contributed by atoms with E-state index < -0.39 is 18.1 Å². The summed E-state index contributed by atoms with van der Waals surface area (Å²) in [6.07, 6.45) is 27.3. The highest BCUT2D eigenvalue weighted by molar-refractivity contribution is 5.82. The molecule has 0 spiro atoms. The highest BCUT2D eigenvalue weighted by atomic mass is 16.5. The number of esters is 1. The summed E-state index contributed by atoms with van der Waals surface area (Å²) in [5, 5.41) is 16.8. The lowest BCUT2D eigenvalue weighted by molar-refractivity contribution is -0.145. The Morgan fingerprint density at radius 1 is 0.596 bits per heavy atom. The SMILES string of the molecule is CC(=O)C(Cc1ccc(OC#N)cc1)N=C=O.CCCCCCCCCCCCCCCCCCOC(=O)C(Cc1ccc(OC#N)cc1)N=C=O. The summed E-state index contributed by atoms with van der Waals surface area (Å²) in [5.74, 6) is 0.143. The molecule has 0 saturated heterocycles. The van der Waals surface area contributed by atoms with E-state index in [1.54, 1.807) is 61.0 Å². The quantitative estimate of drug-likeness (QED) is 0.0288. The van der Waals surface area contributed by atoms with Gasteiger partial charge in [0.25, 0.3) is 12.5 Å². The molecule has 0 bridgehead atoms. The first-order valence-corrected chi connectivity index (χ1v) is 18.5. The summed E-state index contributed by atoms with van der Waals surface area (Å²) in [6.45, 7) is 3.98. The second kappa shape index (κ2) is 30.7. The molecule has 0 N–H and O–H groups in total. The molecule has 11 heteroatoms. The minimum Gasteiger partial charge on any atom is -0.464 e. The van der Waals surface area contributed by atoms with E-state index >= 15 is 0 Å². The fourth-order valence-electron chi connectivity index (χ4n) is 5.45. The number of ketones is 1. The first kappa shape index (κ1) is 44.9. The Balaban J connectivity index is 0.000000662. The maximum Gasteiger partial charge on any atom is 0.332 e. The Bertz CT molecular complexity index is 1450. The molecule has 2 rings (SSSR count). The van der Waals surface area contributed by atoms with Crippen LogP contribution in [-0.2, 0) is 36.8 Å². The molecule has 11 nitrogen and oxygen atoms in total. The van der Waals surface area contributed by atoms with Gasteiger partial charge >= 0.3 is 5.97 Å². The Hall–Kier alpha value is -5.08. The second-order valence-electron chi connectivity index (χ2n) is 12.6. The van der Waals surface area contributed by atoms with Crippen molar-refractivity contribution in [3.63, 3.8) is 0 Å². The molecule has 280 valence electrons. The van der Waals surface area contributed by atoms with E-state index in [4.69, 9.17) is 20.0 Å². The number of nitrogens with zero attached hydrogens (tertiary/aromatic N) is 4. The Morgan fingerprint density at radius 3 is 1.33 bits per heavy atom. The lowest BCUT2D eigenvalue weighted by Gasteiger charge is -2.11. The van der Waals surface area contributed by atoms with Gasteiger partial charge in [0.05, 0.1) is 6.61 Å². The molecule has 0 heterocycles. The van der Waals surface area contributed by atoms with Gasteiger partial charge in [-0.25, -0.2) is 14.4 Å². The molecule has 0 aliphatic heterocycles. The summed E-state index contributed by atoms with van der Waals surface area (Å²) >= 11 is 0. The average molecular weight is 715 g/mol. The molecule has 2 unspecified atom stereocenters. The lowest BCUT2D eigenvalue weighted by atomic mass is 10.0. The summed E-state index contributed by atoms with van der Waals surface area (Å²) in [4.78, 5) is 51.4. The monoisotopic (exact) mass is 714 g/mol. The number of aliphatic imine (C=N–C) groups is 2. The van der Waals surface area contributed by atoms with Crippen molar-refractivity contribution in [3.8, 4) is 24.0 Å². The second-order valence-corrected chi connectivity index (χ2v) is 12.6. The fraction of sp³-hybridized carbons (Fsp3) is 0.561. The standard InChI is InChI=1S/C29H44N2O4.C12H10N2O3/c1-2-3-4-5-6-7-8-9-10-11-12-13-14-15-16-17-22-34-29(33)28(31-25-32)23-26-18-20-27(21-19-26)35-24-30;1-9(16)12(14-8-15)6-10-2-4-11(5-3-10)17-7-13/h18-21,28H,2-17,22-23H2,1H3;2-5,12H,6H2,1H3.